The van der Waals surface area contributed by atoms with Gasteiger partial charge in [0, 0.05) is 26.6 Å². The van der Waals surface area contributed by atoms with Crippen LogP contribution in [-0.4, -0.2) is 37.1 Å². The van der Waals surface area contributed by atoms with Gasteiger partial charge in [-0.3, -0.25) is 4.79 Å². The Morgan fingerprint density at radius 1 is 1.43 bits per heavy atom. The second-order valence-corrected chi connectivity index (χ2v) is 5.72. The van der Waals surface area contributed by atoms with E-state index >= 15 is 0 Å². The molecule has 0 aromatic heterocycles. The normalized spacial score (nSPS) is 18.5. The molecule has 1 aromatic carbocycles. The van der Waals surface area contributed by atoms with E-state index in [-0.39, 0.29) is 11.7 Å². The summed E-state index contributed by atoms with van der Waals surface area (Å²) < 4.78 is 18.7. The molecule has 1 heterocycles. The zero-order valence-corrected chi connectivity index (χ0v) is 12.7. The number of hydrogen-bond donors (Lipinski definition) is 0. The summed E-state index contributed by atoms with van der Waals surface area (Å²) in [6.07, 6.45) is 5.69. The van der Waals surface area contributed by atoms with E-state index in [4.69, 9.17) is 4.74 Å². The van der Waals surface area contributed by atoms with Crippen molar-refractivity contribution in [2.45, 2.75) is 44.6 Å². The average Bonchev–Trinajstić information content (AvgIpc) is 2.51. The van der Waals surface area contributed by atoms with Crippen LogP contribution in [0.2, 0.25) is 0 Å². The number of carbonyl (C=O) groups excluding carboxylic acids is 1. The first-order chi connectivity index (χ1) is 10.1. The number of rotatable bonds is 6. The topological polar surface area (TPSA) is 29.5 Å². The van der Waals surface area contributed by atoms with E-state index in [0.717, 1.165) is 38.0 Å². The Bertz CT molecular complexity index is 458. The molecule has 0 spiro atoms. The van der Waals surface area contributed by atoms with Crippen LogP contribution in [0.1, 0.15) is 37.7 Å². The minimum atomic E-state index is -0.247. The lowest BCUT2D eigenvalue weighted by atomic mass is 10.1. The highest BCUT2D eigenvalue weighted by molar-refractivity contribution is 5.76. The maximum Gasteiger partial charge on any atom is 0.222 e. The first-order valence-corrected chi connectivity index (χ1v) is 7.75. The van der Waals surface area contributed by atoms with E-state index in [1.807, 2.05) is 13.1 Å². The van der Waals surface area contributed by atoms with Crippen molar-refractivity contribution in [1.29, 1.82) is 0 Å². The van der Waals surface area contributed by atoms with Crippen LogP contribution in [0.4, 0.5) is 4.39 Å². The van der Waals surface area contributed by atoms with Crippen LogP contribution < -0.4 is 0 Å². The van der Waals surface area contributed by atoms with Gasteiger partial charge in [-0.05, 0) is 49.8 Å². The second-order valence-electron chi connectivity index (χ2n) is 5.72. The molecule has 1 amide bonds. The van der Waals surface area contributed by atoms with E-state index in [2.05, 4.69) is 0 Å². The van der Waals surface area contributed by atoms with Gasteiger partial charge >= 0.3 is 0 Å². The van der Waals surface area contributed by atoms with Gasteiger partial charge in [-0.1, -0.05) is 12.1 Å². The molecule has 0 aliphatic carbocycles. The van der Waals surface area contributed by atoms with Gasteiger partial charge in [-0.2, -0.15) is 0 Å². The summed E-state index contributed by atoms with van der Waals surface area (Å²) >= 11 is 0. The minimum Gasteiger partial charge on any atom is -0.378 e. The van der Waals surface area contributed by atoms with E-state index in [0.29, 0.717) is 18.9 Å². The molecule has 0 bridgehead atoms. The summed E-state index contributed by atoms with van der Waals surface area (Å²) in [5, 5.41) is 0. The summed E-state index contributed by atoms with van der Waals surface area (Å²) in [6, 6.07) is 6.44. The van der Waals surface area contributed by atoms with E-state index < -0.39 is 0 Å². The summed E-state index contributed by atoms with van der Waals surface area (Å²) in [7, 11) is 1.83. The van der Waals surface area contributed by atoms with E-state index in [1.54, 1.807) is 11.0 Å². The molecule has 0 radical (unpaired) electrons. The smallest absolute Gasteiger partial charge is 0.222 e. The van der Waals surface area contributed by atoms with Crippen molar-refractivity contribution in [2.24, 2.45) is 0 Å². The molecule has 1 aliphatic rings. The molecule has 0 N–H and O–H groups in total. The van der Waals surface area contributed by atoms with Gasteiger partial charge < -0.3 is 9.64 Å². The molecule has 3 nitrogen and oxygen atoms in total. The molecule has 1 atom stereocenters. The van der Waals surface area contributed by atoms with E-state index in [1.165, 1.54) is 18.6 Å². The molecule has 4 heteroatoms. The third kappa shape index (κ3) is 5.46. The molecule has 2 rings (SSSR count). The second kappa shape index (κ2) is 8.13. The number of ether oxygens (including phenoxy) is 1. The average molecular weight is 293 g/mol. The highest BCUT2D eigenvalue weighted by Gasteiger charge is 2.16. The Morgan fingerprint density at radius 2 is 2.29 bits per heavy atom. The molecule has 1 aromatic rings. The Kier molecular flexibility index (Phi) is 6.18. The molecular formula is C17H24FNO2. The quantitative estimate of drug-likeness (QED) is 0.806. The SMILES string of the molecule is CN(CCC1CCCCO1)C(=O)CCc1cccc(F)c1. The fourth-order valence-corrected chi connectivity index (χ4v) is 2.63. The number of benzene rings is 1. The van der Waals surface area contributed by atoms with Crippen molar-refractivity contribution in [1.82, 2.24) is 4.90 Å². The standard InChI is InChI=1S/C17H24FNO2/c1-19(11-10-16-7-2-3-12-21-16)17(20)9-8-14-5-4-6-15(18)13-14/h4-6,13,16H,2-3,7-12H2,1H3. The van der Waals surface area contributed by atoms with Crippen LogP contribution in [-0.2, 0) is 16.0 Å². The zero-order valence-electron chi connectivity index (χ0n) is 12.7. The fraction of sp³-hybridized carbons (Fsp3) is 0.588. The lowest BCUT2D eigenvalue weighted by molar-refractivity contribution is -0.130. The van der Waals surface area contributed by atoms with Gasteiger partial charge in [0.15, 0.2) is 0 Å². The Balaban J connectivity index is 1.69. The largest absolute Gasteiger partial charge is 0.378 e. The number of carbonyl (C=O) groups is 1. The molecule has 0 saturated carbocycles. The number of amides is 1. The molecule has 1 unspecified atom stereocenters. The van der Waals surface area contributed by atoms with Crippen molar-refractivity contribution < 1.29 is 13.9 Å². The zero-order chi connectivity index (χ0) is 15.1. The van der Waals surface area contributed by atoms with Gasteiger partial charge in [0.05, 0.1) is 6.10 Å². The highest BCUT2D eigenvalue weighted by atomic mass is 19.1. The Hall–Kier alpha value is -1.42. The van der Waals surface area contributed by atoms with Crippen molar-refractivity contribution in [3.05, 3.63) is 35.6 Å². The van der Waals surface area contributed by atoms with Crippen molar-refractivity contribution in [2.75, 3.05) is 20.2 Å². The van der Waals surface area contributed by atoms with Crippen molar-refractivity contribution in [3.63, 3.8) is 0 Å². The van der Waals surface area contributed by atoms with Gasteiger partial charge in [0.25, 0.3) is 0 Å². The fourth-order valence-electron chi connectivity index (χ4n) is 2.63. The van der Waals surface area contributed by atoms with Crippen LogP contribution in [0.5, 0.6) is 0 Å². The predicted molar refractivity (Wildman–Crippen MR) is 80.6 cm³/mol. The molecule has 116 valence electrons. The summed E-state index contributed by atoms with van der Waals surface area (Å²) in [4.78, 5) is 13.8. The van der Waals surface area contributed by atoms with Gasteiger partial charge in [-0.25, -0.2) is 4.39 Å². The third-order valence-corrected chi connectivity index (χ3v) is 4.00. The van der Waals surface area contributed by atoms with Crippen LogP contribution in [0.15, 0.2) is 24.3 Å². The highest BCUT2D eigenvalue weighted by Crippen LogP contribution is 2.16. The van der Waals surface area contributed by atoms with Crippen molar-refractivity contribution >= 4 is 5.91 Å². The first-order valence-electron chi connectivity index (χ1n) is 7.75. The lowest BCUT2D eigenvalue weighted by Gasteiger charge is -2.25. The number of hydrogen-bond acceptors (Lipinski definition) is 2. The molecule has 1 fully saturated rings. The Morgan fingerprint density at radius 3 is 3.00 bits per heavy atom. The van der Waals surface area contributed by atoms with Gasteiger partial charge in [0.2, 0.25) is 5.91 Å². The molecule has 21 heavy (non-hydrogen) atoms. The summed E-state index contributed by atoms with van der Waals surface area (Å²) in [5.74, 6) is -0.141. The summed E-state index contributed by atoms with van der Waals surface area (Å²) in [5.41, 5.74) is 0.868. The van der Waals surface area contributed by atoms with Crippen LogP contribution >= 0.6 is 0 Å². The van der Waals surface area contributed by atoms with Gasteiger partial charge in [-0.15, -0.1) is 0 Å². The van der Waals surface area contributed by atoms with E-state index in [9.17, 15) is 9.18 Å². The maximum absolute atomic E-state index is 13.1. The van der Waals surface area contributed by atoms with Crippen molar-refractivity contribution in [3.8, 4) is 0 Å². The maximum atomic E-state index is 13.1. The molecule has 1 saturated heterocycles. The number of aryl methyl sites for hydroxylation is 1. The molecular weight excluding hydrogens is 269 g/mol. The number of nitrogens with zero attached hydrogens (tertiary/aromatic N) is 1. The third-order valence-electron chi connectivity index (χ3n) is 4.00. The van der Waals surface area contributed by atoms with Crippen LogP contribution in [0, 0.1) is 5.82 Å². The number of halogens is 1. The lowest BCUT2D eigenvalue weighted by Crippen LogP contribution is -2.31. The Labute approximate surface area is 126 Å². The minimum absolute atomic E-state index is 0.107. The first kappa shape index (κ1) is 16.0. The van der Waals surface area contributed by atoms with Gasteiger partial charge in [0.1, 0.15) is 5.82 Å². The molecule has 1 aliphatic heterocycles. The van der Waals surface area contributed by atoms with Crippen LogP contribution in [0.3, 0.4) is 0 Å². The van der Waals surface area contributed by atoms with Crippen LogP contribution in [0.25, 0.3) is 0 Å². The summed E-state index contributed by atoms with van der Waals surface area (Å²) in [6.45, 7) is 1.58. The predicted octanol–water partition coefficient (Wildman–Crippen LogP) is 3.18. The monoisotopic (exact) mass is 293 g/mol.